The van der Waals surface area contributed by atoms with E-state index in [9.17, 15) is 0 Å². The molecule has 0 aromatic carbocycles. The number of hydrogen-bond acceptors (Lipinski definition) is 2. The van der Waals surface area contributed by atoms with E-state index in [1.807, 2.05) is 0 Å². The molecule has 1 rings (SSSR count). The highest BCUT2D eigenvalue weighted by molar-refractivity contribution is 4.78. The molecule has 1 saturated carbocycles. The molecule has 0 spiro atoms. The van der Waals surface area contributed by atoms with E-state index in [1.54, 1.807) is 0 Å². The Hall–Kier alpha value is -0.0800. The minimum Gasteiger partial charge on any atom is -0.378 e. The van der Waals surface area contributed by atoms with Gasteiger partial charge in [-0.2, -0.15) is 0 Å². The number of rotatable bonds is 9. The van der Waals surface area contributed by atoms with Crippen molar-refractivity contribution in [3.8, 4) is 0 Å². The van der Waals surface area contributed by atoms with Gasteiger partial charge < -0.3 is 10.5 Å². The predicted molar refractivity (Wildman–Crippen MR) is 69.5 cm³/mol. The lowest BCUT2D eigenvalue weighted by molar-refractivity contribution is 0.0279. The lowest BCUT2D eigenvalue weighted by Gasteiger charge is -2.18. The predicted octanol–water partition coefficient (Wildman–Crippen LogP) is 3.49. The quantitative estimate of drug-likeness (QED) is 0.612. The van der Waals surface area contributed by atoms with Crippen molar-refractivity contribution in [2.75, 3.05) is 13.2 Å². The second kappa shape index (κ2) is 9.00. The van der Waals surface area contributed by atoms with Crippen LogP contribution in [0.1, 0.15) is 64.7 Å². The van der Waals surface area contributed by atoms with E-state index in [0.29, 0.717) is 12.0 Å². The van der Waals surface area contributed by atoms with Gasteiger partial charge in [0.1, 0.15) is 0 Å². The Balaban J connectivity index is 1.90. The van der Waals surface area contributed by atoms with Crippen molar-refractivity contribution in [1.82, 2.24) is 0 Å². The van der Waals surface area contributed by atoms with Crippen LogP contribution in [0, 0.1) is 5.92 Å². The van der Waals surface area contributed by atoms with E-state index in [2.05, 4.69) is 6.92 Å². The Morgan fingerprint density at radius 3 is 2.56 bits per heavy atom. The molecule has 1 aliphatic carbocycles. The van der Waals surface area contributed by atoms with Crippen LogP contribution in [0.25, 0.3) is 0 Å². The molecule has 16 heavy (non-hydrogen) atoms. The molecule has 0 aliphatic heterocycles. The second-order valence-electron chi connectivity index (χ2n) is 5.10. The molecule has 2 atom stereocenters. The number of nitrogens with two attached hydrogens (primary N) is 1. The van der Waals surface area contributed by atoms with Crippen molar-refractivity contribution in [3.63, 3.8) is 0 Å². The molecule has 2 N–H and O–H groups in total. The molecule has 1 aliphatic rings. The van der Waals surface area contributed by atoms with Crippen molar-refractivity contribution < 1.29 is 4.74 Å². The molecule has 0 radical (unpaired) electrons. The zero-order valence-corrected chi connectivity index (χ0v) is 10.9. The van der Waals surface area contributed by atoms with Gasteiger partial charge in [0.25, 0.3) is 0 Å². The zero-order valence-electron chi connectivity index (χ0n) is 10.9. The molecule has 0 saturated heterocycles. The molecule has 96 valence electrons. The summed E-state index contributed by atoms with van der Waals surface area (Å²) in [6.45, 7) is 4.02. The van der Waals surface area contributed by atoms with Gasteiger partial charge in [-0.05, 0) is 31.7 Å². The molecule has 2 heteroatoms. The summed E-state index contributed by atoms with van der Waals surface area (Å²) in [5.74, 6) is 0.639. The summed E-state index contributed by atoms with van der Waals surface area (Å²) in [5, 5.41) is 0. The average molecular weight is 227 g/mol. The second-order valence-corrected chi connectivity index (χ2v) is 5.10. The smallest absolute Gasteiger partial charge is 0.0615 e. The topological polar surface area (TPSA) is 35.2 Å². The highest BCUT2D eigenvalue weighted by atomic mass is 16.5. The van der Waals surface area contributed by atoms with E-state index in [1.165, 1.54) is 57.8 Å². The van der Waals surface area contributed by atoms with Gasteiger partial charge in [-0.25, -0.2) is 0 Å². The van der Waals surface area contributed by atoms with Crippen LogP contribution in [0.4, 0.5) is 0 Å². The van der Waals surface area contributed by atoms with Crippen molar-refractivity contribution in [2.45, 2.75) is 70.8 Å². The van der Waals surface area contributed by atoms with Crippen molar-refractivity contribution >= 4 is 0 Å². The summed E-state index contributed by atoms with van der Waals surface area (Å²) in [6, 6.07) is 0. The van der Waals surface area contributed by atoms with Gasteiger partial charge in [0.15, 0.2) is 0 Å². The first-order chi connectivity index (χ1) is 7.88. The third-order valence-electron chi connectivity index (χ3n) is 3.72. The lowest BCUT2D eigenvalue weighted by atomic mass is 10.1. The average Bonchev–Trinajstić information content (AvgIpc) is 2.75. The van der Waals surface area contributed by atoms with Crippen LogP contribution in [-0.2, 0) is 4.74 Å². The molecule has 2 unspecified atom stereocenters. The van der Waals surface area contributed by atoms with Crippen LogP contribution in [0.15, 0.2) is 0 Å². The third kappa shape index (κ3) is 5.31. The van der Waals surface area contributed by atoms with Gasteiger partial charge in [0, 0.05) is 6.61 Å². The molecular weight excluding hydrogens is 198 g/mol. The van der Waals surface area contributed by atoms with Crippen LogP contribution in [-0.4, -0.2) is 19.3 Å². The third-order valence-corrected chi connectivity index (χ3v) is 3.72. The standard InChI is InChI=1S/C14H29NO/c1-2-3-4-5-6-7-11-16-14-10-8-9-13(14)12-15/h13-14H,2-12,15H2,1H3. The number of unbranched alkanes of at least 4 members (excludes halogenated alkanes) is 5. The van der Waals surface area contributed by atoms with E-state index >= 15 is 0 Å². The Morgan fingerprint density at radius 1 is 1.06 bits per heavy atom. The van der Waals surface area contributed by atoms with Crippen LogP contribution in [0.5, 0.6) is 0 Å². The summed E-state index contributed by atoms with van der Waals surface area (Å²) < 4.78 is 5.93. The summed E-state index contributed by atoms with van der Waals surface area (Å²) >= 11 is 0. The first kappa shape index (κ1) is 14.0. The first-order valence-corrected chi connectivity index (χ1v) is 7.20. The van der Waals surface area contributed by atoms with Crippen molar-refractivity contribution in [1.29, 1.82) is 0 Å². The molecule has 0 aromatic heterocycles. The van der Waals surface area contributed by atoms with E-state index in [0.717, 1.165) is 13.2 Å². The van der Waals surface area contributed by atoms with Crippen molar-refractivity contribution in [3.05, 3.63) is 0 Å². The summed E-state index contributed by atoms with van der Waals surface area (Å²) in [5.41, 5.74) is 5.73. The fourth-order valence-electron chi connectivity index (χ4n) is 2.61. The highest BCUT2D eigenvalue weighted by Gasteiger charge is 2.26. The van der Waals surface area contributed by atoms with Gasteiger partial charge in [-0.1, -0.05) is 45.4 Å². The summed E-state index contributed by atoms with van der Waals surface area (Å²) in [7, 11) is 0. The molecule has 2 nitrogen and oxygen atoms in total. The summed E-state index contributed by atoms with van der Waals surface area (Å²) in [6.07, 6.45) is 12.3. The first-order valence-electron chi connectivity index (χ1n) is 7.20. The molecule has 0 bridgehead atoms. The summed E-state index contributed by atoms with van der Waals surface area (Å²) in [4.78, 5) is 0. The van der Waals surface area contributed by atoms with Crippen LogP contribution in [0.3, 0.4) is 0 Å². The Morgan fingerprint density at radius 2 is 1.81 bits per heavy atom. The van der Waals surface area contributed by atoms with E-state index in [4.69, 9.17) is 10.5 Å². The number of ether oxygens (including phenoxy) is 1. The maximum atomic E-state index is 5.93. The van der Waals surface area contributed by atoms with Crippen molar-refractivity contribution in [2.24, 2.45) is 11.7 Å². The van der Waals surface area contributed by atoms with Crippen LogP contribution < -0.4 is 5.73 Å². The Labute approximate surface area is 101 Å². The SMILES string of the molecule is CCCCCCCCOC1CCCC1CN. The lowest BCUT2D eigenvalue weighted by Crippen LogP contribution is -2.25. The normalized spacial score (nSPS) is 25.1. The maximum absolute atomic E-state index is 5.93. The monoisotopic (exact) mass is 227 g/mol. The Bertz CT molecular complexity index is 161. The fourth-order valence-corrected chi connectivity index (χ4v) is 2.61. The largest absolute Gasteiger partial charge is 0.378 e. The molecule has 1 fully saturated rings. The minimum absolute atomic E-state index is 0.473. The highest BCUT2D eigenvalue weighted by Crippen LogP contribution is 2.27. The van der Waals surface area contributed by atoms with Crippen LogP contribution in [0.2, 0.25) is 0 Å². The van der Waals surface area contributed by atoms with E-state index < -0.39 is 0 Å². The molecule has 0 amide bonds. The van der Waals surface area contributed by atoms with Gasteiger partial charge >= 0.3 is 0 Å². The molecular formula is C14H29NO. The molecule has 0 aromatic rings. The molecule has 0 heterocycles. The van der Waals surface area contributed by atoms with Gasteiger partial charge in [0.05, 0.1) is 6.10 Å². The maximum Gasteiger partial charge on any atom is 0.0615 e. The Kier molecular flexibility index (Phi) is 7.87. The van der Waals surface area contributed by atoms with Gasteiger partial charge in [-0.3, -0.25) is 0 Å². The van der Waals surface area contributed by atoms with Crippen LogP contribution >= 0.6 is 0 Å². The minimum atomic E-state index is 0.473. The van der Waals surface area contributed by atoms with Gasteiger partial charge in [-0.15, -0.1) is 0 Å². The van der Waals surface area contributed by atoms with E-state index in [-0.39, 0.29) is 0 Å². The zero-order chi connectivity index (χ0) is 11.6. The fraction of sp³-hybridized carbons (Fsp3) is 1.00. The van der Waals surface area contributed by atoms with Gasteiger partial charge in [0.2, 0.25) is 0 Å². The number of hydrogen-bond donors (Lipinski definition) is 1.